The quantitative estimate of drug-likeness (QED) is 0.0421. The van der Waals surface area contributed by atoms with Crippen LogP contribution in [0.1, 0.15) is 434 Å². The molecule has 0 heterocycles. The Morgan fingerprint density at radius 3 is 0.689 bits per heavy atom. The first kappa shape index (κ1) is 74.7. The molecule has 0 spiro atoms. The highest BCUT2D eigenvalue weighted by Crippen LogP contribution is 2.80. The highest BCUT2D eigenvalue weighted by atomic mass is 35.7. The molecule has 2 heteroatoms. The zero-order chi connectivity index (χ0) is 54.2. The molecule has 0 aliphatic carbocycles. The molecule has 0 bridgehead atoms. The zero-order valence-corrected chi connectivity index (χ0v) is 55.2. The Hall–Kier alpha value is 0.720. The Morgan fingerprint density at radius 1 is 0.243 bits per heavy atom. The van der Waals surface area contributed by atoms with Crippen LogP contribution in [0.5, 0.6) is 0 Å². The van der Waals surface area contributed by atoms with Gasteiger partial charge in [0.25, 0.3) is 0 Å². The monoisotopic (exact) mass is 1080 g/mol. The second kappa shape index (κ2) is 57.0. The van der Waals surface area contributed by atoms with Crippen molar-refractivity contribution in [2.24, 2.45) is 11.3 Å². The van der Waals surface area contributed by atoms with Crippen molar-refractivity contribution in [1.82, 2.24) is 0 Å². The summed E-state index contributed by atoms with van der Waals surface area (Å²) in [5.74, 6) is 0.813. The van der Waals surface area contributed by atoms with Crippen LogP contribution in [0.2, 0.25) is 0 Å². The lowest BCUT2D eigenvalue weighted by Crippen LogP contribution is -2.44. The van der Waals surface area contributed by atoms with Crippen LogP contribution in [0.15, 0.2) is 0 Å². The molecule has 0 aliphatic heterocycles. The van der Waals surface area contributed by atoms with Crippen molar-refractivity contribution < 1.29 is 0 Å². The molecule has 0 nitrogen and oxygen atoms in total. The molecule has 446 valence electrons. The van der Waals surface area contributed by atoms with Gasteiger partial charge < -0.3 is 0 Å². The minimum Gasteiger partial charge on any atom is -0.0654 e. The molecule has 1 unspecified atom stereocenters. The highest BCUT2D eigenvalue weighted by molar-refractivity contribution is 8.00. The van der Waals surface area contributed by atoms with Crippen LogP contribution in [-0.2, 0) is 0 Å². The fourth-order valence-electron chi connectivity index (χ4n) is 14.0. The first-order valence-corrected chi connectivity index (χ1v) is 39.0. The maximum atomic E-state index is 9.05. The van der Waals surface area contributed by atoms with Gasteiger partial charge in [-0.1, -0.05) is 364 Å². The predicted octanol–water partition coefficient (Wildman–Crippen LogP) is 28.7. The van der Waals surface area contributed by atoms with E-state index in [2.05, 4.69) is 55.4 Å². The Bertz CT molecular complexity index is 974. The maximum absolute atomic E-state index is 9.05. The second-order valence-corrected chi connectivity index (χ2v) is 31.4. The topological polar surface area (TPSA) is 0 Å². The molecule has 0 aromatic rings. The Balaban J connectivity index is 7.70. The van der Waals surface area contributed by atoms with Crippen LogP contribution in [0.3, 0.4) is 0 Å². The van der Waals surface area contributed by atoms with E-state index in [1.807, 2.05) is 0 Å². The molecule has 0 radical (unpaired) electrons. The molecule has 0 saturated carbocycles. The first-order chi connectivity index (χ1) is 36.3. The second-order valence-electron chi connectivity index (χ2n) is 25.9. The van der Waals surface area contributed by atoms with Gasteiger partial charge in [-0.25, -0.2) is 0 Å². The van der Waals surface area contributed by atoms with Crippen molar-refractivity contribution in [2.75, 3.05) is 12.3 Å². The molecule has 0 fully saturated rings. The molecule has 0 aliphatic rings. The van der Waals surface area contributed by atoms with E-state index >= 15 is 0 Å². The normalized spacial score (nSPS) is 12.9. The number of rotatable bonds is 64. The fourth-order valence-corrected chi connectivity index (χ4v) is 20.3. The summed E-state index contributed by atoms with van der Waals surface area (Å²) in [5.41, 5.74) is 0.498. The average molecular weight is 1080 g/mol. The van der Waals surface area contributed by atoms with E-state index in [0.29, 0.717) is 10.6 Å². The molecule has 0 aromatic heterocycles. The third-order valence-electron chi connectivity index (χ3n) is 19.0. The van der Waals surface area contributed by atoms with Crippen LogP contribution in [0.25, 0.3) is 0 Å². The summed E-state index contributed by atoms with van der Waals surface area (Å²) in [6.45, 7) is 17.5. The van der Waals surface area contributed by atoms with Gasteiger partial charge in [0.1, 0.15) is 6.62 Å². The molecular weight excluding hydrogens is 931 g/mol. The molecular formula is C72H147ClP+. The first-order valence-electron chi connectivity index (χ1n) is 35.9. The number of hydrogen-bond donors (Lipinski definition) is 0. The molecule has 0 aromatic carbocycles. The van der Waals surface area contributed by atoms with Crippen molar-refractivity contribution in [3.05, 3.63) is 0 Å². The lowest BCUT2D eigenvalue weighted by atomic mass is 9.64. The van der Waals surface area contributed by atoms with Gasteiger partial charge in [-0.05, 0) is 76.0 Å². The van der Waals surface area contributed by atoms with Gasteiger partial charge in [-0.3, -0.25) is 0 Å². The van der Waals surface area contributed by atoms with Gasteiger partial charge in [-0.2, -0.15) is 0 Å². The maximum Gasteiger partial charge on any atom is 0.120 e. The third kappa shape index (κ3) is 40.8. The number of hydrogen-bond acceptors (Lipinski definition) is 0. The number of unbranched alkanes of at least 4 members (excludes halogenated alkanes) is 44. The van der Waals surface area contributed by atoms with Gasteiger partial charge in [0.2, 0.25) is 0 Å². The largest absolute Gasteiger partial charge is 0.120 e. The Kier molecular flexibility index (Phi) is 57.5. The van der Waals surface area contributed by atoms with E-state index in [1.54, 1.807) is 0 Å². The van der Waals surface area contributed by atoms with Crippen molar-refractivity contribution >= 4 is 17.9 Å². The summed E-state index contributed by atoms with van der Waals surface area (Å²) >= 11 is 9.05. The van der Waals surface area contributed by atoms with E-state index in [1.165, 1.54) is 391 Å². The SMILES string of the molecule is CCCCCCCCCCC(CC(CCCCCCCCCC)(CCCCCCCCCC)CCCCCCCCCC)C(CCCCCCCCCC)(CCCCCCCCCC)[P+](Cl)(CCCC)CCCC. The average Bonchev–Trinajstić information content (AvgIpc) is 3.41. The summed E-state index contributed by atoms with van der Waals surface area (Å²) in [4.78, 5) is 0. The fraction of sp³-hybridized carbons (Fsp3) is 1.00. The van der Waals surface area contributed by atoms with Gasteiger partial charge in [0.05, 0.1) is 28.7 Å². The molecule has 0 rings (SSSR count). The van der Waals surface area contributed by atoms with E-state index in [0.717, 1.165) is 5.92 Å². The van der Waals surface area contributed by atoms with Crippen molar-refractivity contribution in [1.29, 1.82) is 0 Å². The minimum absolute atomic E-state index is 0.355. The Labute approximate surface area is 478 Å². The minimum atomic E-state index is -1.78. The van der Waals surface area contributed by atoms with Gasteiger partial charge in [0.15, 0.2) is 0 Å². The zero-order valence-electron chi connectivity index (χ0n) is 53.5. The smallest absolute Gasteiger partial charge is 0.0654 e. The van der Waals surface area contributed by atoms with Gasteiger partial charge in [0, 0.05) is 5.92 Å². The van der Waals surface area contributed by atoms with Crippen LogP contribution < -0.4 is 0 Å². The van der Waals surface area contributed by atoms with Crippen LogP contribution in [0.4, 0.5) is 0 Å². The van der Waals surface area contributed by atoms with Crippen molar-refractivity contribution in [2.45, 2.75) is 439 Å². The van der Waals surface area contributed by atoms with Crippen molar-refractivity contribution in [3.63, 3.8) is 0 Å². The van der Waals surface area contributed by atoms with Crippen molar-refractivity contribution in [3.8, 4) is 0 Å². The lowest BCUT2D eigenvalue weighted by Gasteiger charge is -2.50. The summed E-state index contributed by atoms with van der Waals surface area (Å²) < 4.78 is 0. The Morgan fingerprint density at radius 2 is 0.446 bits per heavy atom. The molecule has 0 N–H and O–H groups in total. The number of halogens is 1. The van der Waals surface area contributed by atoms with Crippen LogP contribution >= 0.6 is 17.9 Å². The van der Waals surface area contributed by atoms with Gasteiger partial charge in [-0.15, -0.1) is 0 Å². The summed E-state index contributed by atoms with van der Waals surface area (Å²) in [5, 5.41) is 0.355. The summed E-state index contributed by atoms with van der Waals surface area (Å²) in [6.07, 6.45) is 88.1. The van der Waals surface area contributed by atoms with E-state index < -0.39 is 6.62 Å². The highest BCUT2D eigenvalue weighted by Gasteiger charge is 2.60. The van der Waals surface area contributed by atoms with E-state index in [-0.39, 0.29) is 0 Å². The molecule has 1 atom stereocenters. The third-order valence-corrected chi connectivity index (χ3v) is 25.5. The summed E-state index contributed by atoms with van der Waals surface area (Å²) in [6, 6.07) is 0. The van der Waals surface area contributed by atoms with Gasteiger partial charge >= 0.3 is 0 Å². The molecule has 74 heavy (non-hydrogen) atoms. The standard InChI is InChI=1S/C72H147ClP/c1-9-17-25-31-37-43-49-55-61-70(72(65-59-53-47-41-35-29-21-13-5,66-60-54-48-42-36-30-22-14-6)74(73,67-23-15-7)68-24-16-8)69-71(62-56-50-44-38-32-26-18-10-2,63-57-51-45-39-33-27-19-11-3)64-58-52-46-40-34-28-20-12-4/h70H,9-69H2,1-8H3/q+1. The van der Waals surface area contributed by atoms with Crippen LogP contribution in [0, 0.1) is 11.3 Å². The molecule has 0 amide bonds. The summed E-state index contributed by atoms with van der Waals surface area (Å²) in [7, 11) is 0. The van der Waals surface area contributed by atoms with Crippen LogP contribution in [-0.4, -0.2) is 17.5 Å². The van der Waals surface area contributed by atoms with E-state index in [4.69, 9.17) is 11.2 Å². The predicted molar refractivity (Wildman–Crippen MR) is 349 cm³/mol. The molecule has 0 saturated heterocycles. The van der Waals surface area contributed by atoms with E-state index in [9.17, 15) is 0 Å². The lowest BCUT2D eigenvalue weighted by molar-refractivity contribution is 0.114.